The Morgan fingerprint density at radius 1 is 1.36 bits per heavy atom. The van der Waals surface area contributed by atoms with Crippen LogP contribution in [0, 0.1) is 0 Å². The molecular formula is C18H28N2O2. The lowest BCUT2D eigenvalue weighted by Crippen LogP contribution is -2.46. The summed E-state index contributed by atoms with van der Waals surface area (Å²) in [6.45, 7) is 6.58. The quantitative estimate of drug-likeness (QED) is 0.849. The smallest absolute Gasteiger partial charge is 0.241 e. The van der Waals surface area contributed by atoms with Crippen molar-refractivity contribution >= 4 is 11.6 Å². The predicted molar refractivity (Wildman–Crippen MR) is 89.9 cm³/mol. The largest absolute Gasteiger partial charge is 0.396 e. The van der Waals surface area contributed by atoms with Crippen molar-refractivity contribution in [2.75, 3.05) is 11.9 Å². The lowest BCUT2D eigenvalue weighted by Gasteiger charge is -2.31. The van der Waals surface area contributed by atoms with Crippen molar-refractivity contribution in [1.29, 1.82) is 0 Å². The van der Waals surface area contributed by atoms with Gasteiger partial charge in [-0.3, -0.25) is 9.69 Å². The molecule has 1 saturated heterocycles. The molecule has 0 spiro atoms. The van der Waals surface area contributed by atoms with Crippen molar-refractivity contribution in [2.45, 2.75) is 64.6 Å². The number of nitrogens with zero attached hydrogens (tertiary/aromatic N) is 1. The number of aliphatic hydroxyl groups excluding tert-OH is 1. The van der Waals surface area contributed by atoms with E-state index in [0.717, 1.165) is 36.9 Å². The topological polar surface area (TPSA) is 52.6 Å². The van der Waals surface area contributed by atoms with E-state index in [9.17, 15) is 4.79 Å². The SMILES string of the molecule is C[C@@H]1CC[C@@H](C)N1[C@@H](C)C(=O)Nc1cccc(CCCO)c1. The minimum Gasteiger partial charge on any atom is -0.396 e. The average Bonchev–Trinajstić information content (AvgIpc) is 2.84. The molecule has 0 aliphatic carbocycles. The predicted octanol–water partition coefficient (Wildman–Crippen LogP) is 2.81. The van der Waals surface area contributed by atoms with E-state index in [2.05, 4.69) is 24.1 Å². The summed E-state index contributed by atoms with van der Waals surface area (Å²) in [4.78, 5) is 14.8. The van der Waals surface area contributed by atoms with Crippen LogP contribution in [0.4, 0.5) is 5.69 Å². The van der Waals surface area contributed by atoms with E-state index in [4.69, 9.17) is 5.11 Å². The van der Waals surface area contributed by atoms with Crippen LogP contribution in [0.5, 0.6) is 0 Å². The fourth-order valence-electron chi connectivity index (χ4n) is 3.45. The van der Waals surface area contributed by atoms with E-state index in [0.29, 0.717) is 12.1 Å². The summed E-state index contributed by atoms with van der Waals surface area (Å²) in [6, 6.07) is 8.71. The van der Waals surface area contributed by atoms with Gasteiger partial charge in [0.25, 0.3) is 0 Å². The Labute approximate surface area is 133 Å². The van der Waals surface area contributed by atoms with Gasteiger partial charge < -0.3 is 10.4 Å². The molecule has 0 aromatic heterocycles. The highest BCUT2D eigenvalue weighted by Gasteiger charge is 2.34. The van der Waals surface area contributed by atoms with Crippen LogP contribution in [0.15, 0.2) is 24.3 Å². The van der Waals surface area contributed by atoms with Gasteiger partial charge in [0, 0.05) is 24.4 Å². The number of carbonyl (C=O) groups is 1. The zero-order valence-electron chi connectivity index (χ0n) is 13.9. The Kier molecular flexibility index (Phi) is 5.98. The molecule has 1 aliphatic heterocycles. The molecule has 1 aliphatic rings. The Hall–Kier alpha value is -1.39. The molecule has 1 heterocycles. The van der Waals surface area contributed by atoms with Gasteiger partial charge in [-0.1, -0.05) is 12.1 Å². The number of nitrogens with one attached hydrogen (secondary N) is 1. The monoisotopic (exact) mass is 304 g/mol. The van der Waals surface area contributed by atoms with Crippen molar-refractivity contribution < 1.29 is 9.90 Å². The fraction of sp³-hybridized carbons (Fsp3) is 0.611. The minimum absolute atomic E-state index is 0.0555. The zero-order chi connectivity index (χ0) is 16.1. The molecule has 1 fully saturated rings. The van der Waals surface area contributed by atoms with Crippen LogP contribution in [0.2, 0.25) is 0 Å². The highest BCUT2D eigenvalue weighted by atomic mass is 16.2. The van der Waals surface area contributed by atoms with Gasteiger partial charge in [0.15, 0.2) is 0 Å². The van der Waals surface area contributed by atoms with Gasteiger partial charge >= 0.3 is 0 Å². The van der Waals surface area contributed by atoms with Gasteiger partial charge in [-0.2, -0.15) is 0 Å². The summed E-state index contributed by atoms with van der Waals surface area (Å²) in [5, 5.41) is 11.9. The molecule has 2 N–H and O–H groups in total. The molecule has 22 heavy (non-hydrogen) atoms. The Bertz CT molecular complexity index is 494. The van der Waals surface area contributed by atoms with Crippen LogP contribution in [0.1, 0.15) is 45.6 Å². The second kappa shape index (κ2) is 7.75. The van der Waals surface area contributed by atoms with Gasteiger partial charge in [-0.15, -0.1) is 0 Å². The number of carbonyl (C=O) groups excluding carboxylic acids is 1. The molecule has 0 radical (unpaired) electrons. The first-order valence-electron chi connectivity index (χ1n) is 8.31. The number of aliphatic hydroxyl groups is 1. The third-order valence-electron chi connectivity index (χ3n) is 4.66. The number of aryl methyl sites for hydroxylation is 1. The van der Waals surface area contributed by atoms with E-state index >= 15 is 0 Å². The summed E-state index contributed by atoms with van der Waals surface area (Å²) in [5.41, 5.74) is 1.98. The molecule has 4 nitrogen and oxygen atoms in total. The van der Waals surface area contributed by atoms with E-state index in [-0.39, 0.29) is 18.6 Å². The van der Waals surface area contributed by atoms with E-state index < -0.39 is 0 Å². The van der Waals surface area contributed by atoms with Gasteiger partial charge in [0.05, 0.1) is 6.04 Å². The first kappa shape index (κ1) is 17.0. The number of benzene rings is 1. The molecule has 0 unspecified atom stereocenters. The van der Waals surface area contributed by atoms with E-state index in [1.807, 2.05) is 31.2 Å². The highest BCUT2D eigenvalue weighted by molar-refractivity contribution is 5.94. The standard InChI is InChI=1S/C18H28N2O2/c1-13-9-10-14(2)20(13)15(3)18(22)19-17-8-4-6-16(12-17)7-5-11-21/h4,6,8,12-15,21H,5,7,9-11H2,1-3H3,(H,19,22)/t13-,14-,15+/m1/s1. The van der Waals surface area contributed by atoms with E-state index in [1.54, 1.807) is 0 Å². The van der Waals surface area contributed by atoms with Gasteiger partial charge in [0.1, 0.15) is 0 Å². The summed E-state index contributed by atoms with van der Waals surface area (Å²) in [5.74, 6) is 0.0555. The lowest BCUT2D eigenvalue weighted by atomic mass is 10.1. The summed E-state index contributed by atoms with van der Waals surface area (Å²) < 4.78 is 0. The van der Waals surface area contributed by atoms with Crippen LogP contribution >= 0.6 is 0 Å². The highest BCUT2D eigenvalue weighted by Crippen LogP contribution is 2.26. The van der Waals surface area contributed by atoms with Crippen LogP contribution in [0.25, 0.3) is 0 Å². The number of hydrogen-bond donors (Lipinski definition) is 2. The first-order chi connectivity index (χ1) is 10.5. The van der Waals surface area contributed by atoms with Gasteiger partial charge in [-0.25, -0.2) is 0 Å². The molecule has 2 rings (SSSR count). The van der Waals surface area contributed by atoms with Crippen molar-refractivity contribution in [3.8, 4) is 0 Å². The van der Waals surface area contributed by atoms with Crippen LogP contribution in [-0.4, -0.2) is 40.6 Å². The van der Waals surface area contributed by atoms with Crippen molar-refractivity contribution in [2.24, 2.45) is 0 Å². The Balaban J connectivity index is 1.99. The lowest BCUT2D eigenvalue weighted by molar-refractivity contribution is -0.121. The maximum absolute atomic E-state index is 12.5. The molecule has 1 aromatic rings. The molecule has 0 saturated carbocycles. The fourth-order valence-corrected chi connectivity index (χ4v) is 3.45. The molecule has 4 heteroatoms. The van der Waals surface area contributed by atoms with Crippen LogP contribution in [0.3, 0.4) is 0 Å². The second-order valence-electron chi connectivity index (χ2n) is 6.42. The average molecular weight is 304 g/mol. The number of hydrogen-bond acceptors (Lipinski definition) is 3. The number of likely N-dealkylation sites (tertiary alicyclic amines) is 1. The number of rotatable bonds is 6. The van der Waals surface area contributed by atoms with Crippen LogP contribution in [-0.2, 0) is 11.2 Å². The molecule has 3 atom stereocenters. The summed E-state index contributed by atoms with van der Waals surface area (Å²) >= 11 is 0. The Morgan fingerprint density at radius 3 is 2.68 bits per heavy atom. The van der Waals surface area contributed by atoms with E-state index in [1.165, 1.54) is 0 Å². The minimum atomic E-state index is -0.117. The second-order valence-corrected chi connectivity index (χ2v) is 6.42. The molecule has 0 bridgehead atoms. The molecular weight excluding hydrogens is 276 g/mol. The number of amides is 1. The normalized spacial score (nSPS) is 23.5. The van der Waals surface area contributed by atoms with Crippen molar-refractivity contribution in [3.63, 3.8) is 0 Å². The molecule has 1 aromatic carbocycles. The van der Waals surface area contributed by atoms with Crippen molar-refractivity contribution in [3.05, 3.63) is 29.8 Å². The third-order valence-corrected chi connectivity index (χ3v) is 4.66. The molecule has 122 valence electrons. The summed E-state index contributed by atoms with van der Waals surface area (Å²) in [6.07, 6.45) is 3.90. The Morgan fingerprint density at radius 2 is 2.05 bits per heavy atom. The maximum Gasteiger partial charge on any atom is 0.241 e. The number of anilines is 1. The maximum atomic E-state index is 12.5. The summed E-state index contributed by atoms with van der Waals surface area (Å²) in [7, 11) is 0. The van der Waals surface area contributed by atoms with Crippen LogP contribution < -0.4 is 5.32 Å². The zero-order valence-corrected chi connectivity index (χ0v) is 13.9. The van der Waals surface area contributed by atoms with Gasteiger partial charge in [0.2, 0.25) is 5.91 Å². The van der Waals surface area contributed by atoms with Crippen molar-refractivity contribution in [1.82, 2.24) is 4.90 Å². The first-order valence-corrected chi connectivity index (χ1v) is 8.31. The molecule has 1 amide bonds. The van der Waals surface area contributed by atoms with Gasteiger partial charge in [-0.05, 0) is 64.2 Å². The third kappa shape index (κ3) is 4.08.